The minimum absolute atomic E-state index is 0. The average Bonchev–Trinajstić information content (AvgIpc) is 2.90. The third-order valence-corrected chi connectivity index (χ3v) is 8.64. The molecule has 3 aliphatic heterocycles. The molecular formula is C28H35Cl3N4O4S. The lowest BCUT2D eigenvalue weighted by Gasteiger charge is -2.48. The maximum Gasteiger partial charge on any atom is 0.258 e. The number of halogens is 3. The summed E-state index contributed by atoms with van der Waals surface area (Å²) in [4.78, 5) is 31.9. The lowest BCUT2D eigenvalue weighted by molar-refractivity contribution is -0.152. The van der Waals surface area contributed by atoms with Gasteiger partial charge in [0.05, 0.1) is 29.8 Å². The van der Waals surface area contributed by atoms with Crippen molar-refractivity contribution in [3.8, 4) is 0 Å². The molecule has 0 aliphatic carbocycles. The van der Waals surface area contributed by atoms with Crippen molar-refractivity contribution in [2.45, 2.75) is 37.5 Å². The van der Waals surface area contributed by atoms with E-state index in [1.807, 2.05) is 12.1 Å². The van der Waals surface area contributed by atoms with Crippen molar-refractivity contribution in [2.24, 2.45) is 0 Å². The Hall–Kier alpha value is -1.72. The number of ether oxygens (including phenoxy) is 1. The van der Waals surface area contributed by atoms with E-state index in [9.17, 15) is 14.7 Å². The van der Waals surface area contributed by atoms with Gasteiger partial charge in [-0.05, 0) is 61.7 Å². The summed E-state index contributed by atoms with van der Waals surface area (Å²) in [5, 5.41) is 15.8. The molecular weight excluding hydrogens is 595 g/mol. The van der Waals surface area contributed by atoms with E-state index in [4.69, 9.17) is 39.5 Å². The predicted molar refractivity (Wildman–Crippen MR) is 163 cm³/mol. The molecule has 40 heavy (non-hydrogen) atoms. The molecule has 1 atom stereocenters. The number of likely N-dealkylation sites (tertiary alicyclic amines) is 2. The lowest BCUT2D eigenvalue weighted by atomic mass is 9.92. The number of anilines is 1. The van der Waals surface area contributed by atoms with Gasteiger partial charge in [-0.25, -0.2) is 0 Å². The van der Waals surface area contributed by atoms with Crippen LogP contribution < -0.4 is 5.32 Å². The van der Waals surface area contributed by atoms with Gasteiger partial charge in [-0.1, -0.05) is 34.8 Å². The first-order chi connectivity index (χ1) is 18.6. The highest BCUT2D eigenvalue weighted by atomic mass is 35.5. The van der Waals surface area contributed by atoms with Crippen LogP contribution in [0.15, 0.2) is 36.4 Å². The smallest absolute Gasteiger partial charge is 0.258 e. The van der Waals surface area contributed by atoms with Crippen molar-refractivity contribution in [3.05, 3.63) is 62.6 Å². The second kappa shape index (κ2) is 13.1. The van der Waals surface area contributed by atoms with E-state index in [1.165, 1.54) is 6.92 Å². The predicted octanol–water partition coefficient (Wildman–Crippen LogP) is 4.23. The minimum Gasteiger partial charge on any atom is -0.380 e. The van der Waals surface area contributed by atoms with E-state index < -0.39 is 5.60 Å². The fourth-order valence-electron chi connectivity index (χ4n) is 5.55. The molecule has 2 aromatic carbocycles. The molecule has 5 rings (SSSR count). The molecule has 2 aromatic rings. The van der Waals surface area contributed by atoms with Crippen LogP contribution in [0.2, 0.25) is 15.1 Å². The second-order valence-electron chi connectivity index (χ2n) is 10.6. The van der Waals surface area contributed by atoms with E-state index >= 15 is 0 Å². The fourth-order valence-corrected chi connectivity index (χ4v) is 6.34. The van der Waals surface area contributed by atoms with Gasteiger partial charge >= 0.3 is 0 Å². The van der Waals surface area contributed by atoms with Crippen LogP contribution in [0.1, 0.15) is 35.7 Å². The molecule has 218 valence electrons. The summed E-state index contributed by atoms with van der Waals surface area (Å²) >= 11 is 18.6. The number of piperidine rings is 1. The third-order valence-electron chi connectivity index (χ3n) is 7.89. The molecule has 0 aromatic heterocycles. The van der Waals surface area contributed by atoms with Gasteiger partial charge in [-0.2, -0.15) is 13.5 Å². The van der Waals surface area contributed by atoms with Crippen LogP contribution >= 0.6 is 48.3 Å². The van der Waals surface area contributed by atoms with Crippen molar-refractivity contribution in [2.75, 3.05) is 57.8 Å². The van der Waals surface area contributed by atoms with E-state index in [-0.39, 0.29) is 31.4 Å². The van der Waals surface area contributed by atoms with Crippen LogP contribution in [0.4, 0.5) is 5.69 Å². The highest BCUT2D eigenvalue weighted by Crippen LogP contribution is 2.32. The topological polar surface area (TPSA) is 85.3 Å². The number of nitrogens with zero attached hydrogens (tertiary/aromatic N) is 3. The van der Waals surface area contributed by atoms with Crippen molar-refractivity contribution < 1.29 is 19.4 Å². The van der Waals surface area contributed by atoms with Crippen LogP contribution in [-0.4, -0.2) is 96.2 Å². The molecule has 0 spiro atoms. The van der Waals surface area contributed by atoms with E-state index in [0.29, 0.717) is 71.6 Å². The number of carbonyl (C=O) groups is 2. The van der Waals surface area contributed by atoms with Crippen LogP contribution in [0.5, 0.6) is 0 Å². The second-order valence-corrected chi connectivity index (χ2v) is 11.9. The maximum atomic E-state index is 13.2. The number of rotatable bonds is 6. The zero-order valence-electron chi connectivity index (χ0n) is 22.3. The van der Waals surface area contributed by atoms with Crippen molar-refractivity contribution in [1.82, 2.24) is 14.7 Å². The van der Waals surface area contributed by atoms with E-state index in [1.54, 1.807) is 34.1 Å². The van der Waals surface area contributed by atoms with Crippen LogP contribution in [0.3, 0.4) is 0 Å². The van der Waals surface area contributed by atoms with Crippen molar-refractivity contribution in [3.63, 3.8) is 0 Å². The number of hydrogen-bond donors (Lipinski definition) is 2. The number of benzene rings is 2. The molecule has 3 fully saturated rings. The first kappa shape index (κ1) is 31.2. The monoisotopic (exact) mass is 628 g/mol. The molecule has 0 unspecified atom stereocenters. The molecule has 2 amide bonds. The molecule has 12 heteroatoms. The summed E-state index contributed by atoms with van der Waals surface area (Å²) in [7, 11) is 0. The SMILES string of the molecule is C[C@@](O)(C(=O)N1CCC(N2CC(Nc3ccc(C(=O)N4CCOCC4)c(Cl)c3)C2)CC1)c1cc(Cl)cc(Cl)c1.S. The summed E-state index contributed by atoms with van der Waals surface area (Å²) < 4.78 is 5.33. The molecule has 2 N–H and O–H groups in total. The Kier molecular flexibility index (Phi) is 10.2. The summed E-state index contributed by atoms with van der Waals surface area (Å²) in [5.41, 5.74) is 0.101. The molecule has 0 saturated carbocycles. The first-order valence-corrected chi connectivity index (χ1v) is 14.4. The Morgan fingerprint density at radius 2 is 1.57 bits per heavy atom. The molecule has 3 aliphatic rings. The highest BCUT2D eigenvalue weighted by Gasteiger charge is 2.40. The van der Waals surface area contributed by atoms with Gasteiger partial charge in [-0.3, -0.25) is 14.5 Å². The van der Waals surface area contributed by atoms with Crippen LogP contribution in [0, 0.1) is 0 Å². The zero-order valence-corrected chi connectivity index (χ0v) is 25.6. The number of morpholine rings is 1. The highest BCUT2D eigenvalue weighted by molar-refractivity contribution is 7.59. The van der Waals surface area contributed by atoms with Gasteiger partial charge in [0.1, 0.15) is 0 Å². The number of aliphatic hydroxyl groups is 1. The quantitative estimate of drug-likeness (QED) is 0.498. The van der Waals surface area contributed by atoms with Gasteiger partial charge in [0.2, 0.25) is 0 Å². The fraction of sp³-hybridized carbons (Fsp3) is 0.500. The Bertz CT molecular complexity index is 1210. The zero-order chi connectivity index (χ0) is 27.7. The van der Waals surface area contributed by atoms with Gasteiger partial charge in [0.25, 0.3) is 11.8 Å². The van der Waals surface area contributed by atoms with Crippen LogP contribution in [-0.2, 0) is 15.1 Å². The van der Waals surface area contributed by atoms with Gasteiger partial charge in [-0.15, -0.1) is 0 Å². The van der Waals surface area contributed by atoms with E-state index in [2.05, 4.69) is 10.2 Å². The Morgan fingerprint density at radius 1 is 0.950 bits per heavy atom. The average molecular weight is 630 g/mol. The molecule has 0 bridgehead atoms. The first-order valence-electron chi connectivity index (χ1n) is 13.3. The molecule has 3 saturated heterocycles. The van der Waals surface area contributed by atoms with Gasteiger partial charge in [0.15, 0.2) is 5.60 Å². The van der Waals surface area contributed by atoms with Gasteiger partial charge < -0.3 is 25.0 Å². The van der Waals surface area contributed by atoms with Gasteiger partial charge in [0, 0.05) is 61.0 Å². The largest absolute Gasteiger partial charge is 0.380 e. The minimum atomic E-state index is -1.70. The third kappa shape index (κ3) is 6.84. The summed E-state index contributed by atoms with van der Waals surface area (Å²) in [6.07, 6.45) is 1.68. The summed E-state index contributed by atoms with van der Waals surface area (Å²) in [5.74, 6) is -0.401. The molecule has 3 heterocycles. The number of amides is 2. The van der Waals surface area contributed by atoms with E-state index in [0.717, 1.165) is 31.6 Å². The number of nitrogens with one attached hydrogen (secondary N) is 1. The normalized spacial score (nSPS) is 20.3. The number of hydrogen-bond acceptors (Lipinski definition) is 6. The maximum absolute atomic E-state index is 13.2. The van der Waals surface area contributed by atoms with Crippen LogP contribution in [0.25, 0.3) is 0 Å². The Morgan fingerprint density at radius 3 is 2.17 bits per heavy atom. The molecule has 8 nitrogen and oxygen atoms in total. The Balaban J connectivity index is 0.00000370. The Labute approximate surface area is 256 Å². The lowest BCUT2D eigenvalue weighted by Crippen LogP contribution is -2.61. The standard InChI is InChI=1S/C28H33Cl3N4O4.H2S/c1-28(38,18-12-19(29)14-20(30)13-18)27(37)34-6-4-23(5-7-34)35-16-22(17-35)32-21-2-3-24(25(31)15-21)26(36)33-8-10-39-11-9-33;/h2-3,12-15,22-23,32,38H,4-11,16-17H2,1H3;1H2/t28-;/m0./s1. The summed E-state index contributed by atoms with van der Waals surface area (Å²) in [6.45, 7) is 6.70. The summed E-state index contributed by atoms with van der Waals surface area (Å²) in [6, 6.07) is 10.9. The van der Waals surface area contributed by atoms with Crippen molar-refractivity contribution in [1.29, 1.82) is 0 Å². The van der Waals surface area contributed by atoms with Crippen molar-refractivity contribution >= 4 is 65.8 Å². The molecule has 0 radical (unpaired) electrons. The number of carbonyl (C=O) groups excluding carboxylic acids is 2.